The summed E-state index contributed by atoms with van der Waals surface area (Å²) in [5, 5.41) is 0.517. The maximum Gasteiger partial charge on any atom is 0.132 e. The molecule has 0 saturated heterocycles. The van der Waals surface area contributed by atoms with E-state index in [-0.39, 0.29) is 18.2 Å². The lowest BCUT2D eigenvalue weighted by Crippen LogP contribution is -1.98. The lowest BCUT2D eigenvalue weighted by atomic mass is 9.99. The SMILES string of the molecule is CCc1nc(N)ccc1-c1ccc(F)c2cccnc12.Cl. The minimum absolute atomic E-state index is 0. The van der Waals surface area contributed by atoms with E-state index in [1.54, 1.807) is 30.5 Å². The minimum atomic E-state index is -0.265. The highest BCUT2D eigenvalue weighted by Crippen LogP contribution is 2.31. The smallest absolute Gasteiger partial charge is 0.132 e. The molecule has 0 aliphatic carbocycles. The number of aryl methyl sites for hydroxylation is 1. The molecule has 3 rings (SSSR count). The normalized spacial score (nSPS) is 10.4. The molecule has 0 unspecified atom stereocenters. The zero-order chi connectivity index (χ0) is 14.1. The van der Waals surface area contributed by atoms with E-state index >= 15 is 0 Å². The molecule has 0 fully saturated rings. The summed E-state index contributed by atoms with van der Waals surface area (Å²) in [6.45, 7) is 2.02. The van der Waals surface area contributed by atoms with Crippen LogP contribution >= 0.6 is 12.4 Å². The summed E-state index contributed by atoms with van der Waals surface area (Å²) in [7, 11) is 0. The molecule has 2 N–H and O–H groups in total. The molecular weight excluding hydrogens is 289 g/mol. The molecule has 3 nitrogen and oxygen atoms in total. The molecule has 0 atom stereocenters. The Morgan fingerprint density at radius 1 is 1.10 bits per heavy atom. The van der Waals surface area contributed by atoms with Gasteiger partial charge in [0.15, 0.2) is 0 Å². The van der Waals surface area contributed by atoms with E-state index in [1.807, 2.05) is 13.0 Å². The van der Waals surface area contributed by atoms with Crippen LogP contribution in [0.4, 0.5) is 10.2 Å². The average molecular weight is 304 g/mol. The van der Waals surface area contributed by atoms with Gasteiger partial charge in [0.25, 0.3) is 0 Å². The fourth-order valence-corrected chi connectivity index (χ4v) is 2.39. The average Bonchev–Trinajstić information content (AvgIpc) is 2.48. The Morgan fingerprint density at radius 2 is 1.86 bits per heavy atom. The second kappa shape index (κ2) is 6.06. The molecule has 0 bridgehead atoms. The third-order valence-corrected chi connectivity index (χ3v) is 3.34. The lowest BCUT2D eigenvalue weighted by molar-refractivity contribution is 0.639. The van der Waals surface area contributed by atoms with E-state index in [0.29, 0.717) is 16.7 Å². The number of hydrogen-bond donors (Lipinski definition) is 1. The highest BCUT2D eigenvalue weighted by atomic mass is 35.5. The van der Waals surface area contributed by atoms with Crippen molar-refractivity contribution >= 4 is 29.1 Å². The number of pyridine rings is 2. The Balaban J connectivity index is 0.00000161. The standard InChI is InChI=1S/C16H14FN3.ClH/c1-2-14-10(6-8-15(18)20-14)11-5-7-13(17)12-4-3-9-19-16(11)12;/h3-9H,2H2,1H3,(H2,18,20);1H. The Morgan fingerprint density at radius 3 is 2.62 bits per heavy atom. The van der Waals surface area contributed by atoms with Gasteiger partial charge in [-0.3, -0.25) is 4.98 Å². The van der Waals surface area contributed by atoms with Crippen molar-refractivity contribution in [2.24, 2.45) is 0 Å². The van der Waals surface area contributed by atoms with E-state index in [9.17, 15) is 4.39 Å². The van der Waals surface area contributed by atoms with Crippen LogP contribution in [0.5, 0.6) is 0 Å². The summed E-state index contributed by atoms with van der Waals surface area (Å²) in [6.07, 6.45) is 2.42. The van der Waals surface area contributed by atoms with Gasteiger partial charge in [0.2, 0.25) is 0 Å². The highest BCUT2D eigenvalue weighted by molar-refractivity contribution is 5.94. The first kappa shape index (κ1) is 15.2. The molecule has 21 heavy (non-hydrogen) atoms. The van der Waals surface area contributed by atoms with E-state index in [1.165, 1.54) is 6.07 Å². The topological polar surface area (TPSA) is 51.8 Å². The molecule has 3 aromatic rings. The Labute approximate surface area is 128 Å². The van der Waals surface area contributed by atoms with Crippen molar-refractivity contribution in [3.05, 3.63) is 54.1 Å². The first-order chi connectivity index (χ1) is 9.70. The van der Waals surface area contributed by atoms with Crippen LogP contribution in [0.2, 0.25) is 0 Å². The molecule has 5 heteroatoms. The predicted molar refractivity (Wildman–Crippen MR) is 86.0 cm³/mol. The van der Waals surface area contributed by atoms with Gasteiger partial charge in [-0.1, -0.05) is 6.92 Å². The molecule has 0 radical (unpaired) electrons. The first-order valence-electron chi connectivity index (χ1n) is 6.49. The second-order valence-electron chi connectivity index (χ2n) is 4.58. The molecule has 108 valence electrons. The number of rotatable bonds is 2. The number of nitrogen functional groups attached to an aromatic ring is 1. The van der Waals surface area contributed by atoms with Crippen molar-refractivity contribution in [2.45, 2.75) is 13.3 Å². The van der Waals surface area contributed by atoms with Crippen molar-refractivity contribution in [1.29, 1.82) is 0 Å². The lowest BCUT2D eigenvalue weighted by Gasteiger charge is -2.11. The highest BCUT2D eigenvalue weighted by Gasteiger charge is 2.12. The summed E-state index contributed by atoms with van der Waals surface area (Å²) in [5.41, 5.74) is 9.10. The van der Waals surface area contributed by atoms with Crippen LogP contribution in [0.15, 0.2) is 42.6 Å². The van der Waals surface area contributed by atoms with Gasteiger partial charge in [0.05, 0.1) is 11.2 Å². The van der Waals surface area contributed by atoms with Crippen molar-refractivity contribution in [2.75, 3.05) is 5.73 Å². The summed E-state index contributed by atoms with van der Waals surface area (Å²) in [6, 6.07) is 10.4. The summed E-state index contributed by atoms with van der Waals surface area (Å²) in [5.74, 6) is 0.225. The fraction of sp³-hybridized carbons (Fsp3) is 0.125. The van der Waals surface area contributed by atoms with E-state index in [0.717, 1.165) is 23.2 Å². The van der Waals surface area contributed by atoms with Crippen molar-refractivity contribution in [3.8, 4) is 11.1 Å². The van der Waals surface area contributed by atoms with Gasteiger partial charge in [-0.2, -0.15) is 0 Å². The Kier molecular flexibility index (Phi) is 4.38. The first-order valence-corrected chi connectivity index (χ1v) is 6.49. The monoisotopic (exact) mass is 303 g/mol. The van der Waals surface area contributed by atoms with Gasteiger partial charge in [-0.05, 0) is 42.8 Å². The Hall–Kier alpha value is -2.20. The van der Waals surface area contributed by atoms with Gasteiger partial charge in [0, 0.05) is 22.7 Å². The van der Waals surface area contributed by atoms with Crippen LogP contribution in [-0.2, 0) is 6.42 Å². The summed E-state index contributed by atoms with van der Waals surface area (Å²) >= 11 is 0. The quantitative estimate of drug-likeness (QED) is 0.778. The number of benzene rings is 1. The fourth-order valence-electron chi connectivity index (χ4n) is 2.39. The van der Waals surface area contributed by atoms with E-state index in [2.05, 4.69) is 9.97 Å². The summed E-state index contributed by atoms with van der Waals surface area (Å²) in [4.78, 5) is 8.67. The zero-order valence-corrected chi connectivity index (χ0v) is 12.3. The van der Waals surface area contributed by atoms with Crippen LogP contribution in [0, 0.1) is 5.82 Å². The molecule has 2 aromatic heterocycles. The Bertz CT molecular complexity index is 790. The van der Waals surface area contributed by atoms with Crippen molar-refractivity contribution < 1.29 is 4.39 Å². The van der Waals surface area contributed by atoms with Crippen LogP contribution in [-0.4, -0.2) is 9.97 Å². The van der Waals surface area contributed by atoms with E-state index < -0.39 is 0 Å². The number of fused-ring (bicyclic) bond motifs is 1. The number of halogens is 2. The third kappa shape index (κ3) is 2.67. The minimum Gasteiger partial charge on any atom is -0.384 e. The molecule has 0 aliphatic heterocycles. The number of nitrogens with two attached hydrogens (primary N) is 1. The molecule has 0 saturated carbocycles. The maximum absolute atomic E-state index is 13.9. The number of nitrogens with zero attached hydrogens (tertiary/aromatic N) is 2. The maximum atomic E-state index is 13.9. The van der Waals surface area contributed by atoms with Gasteiger partial charge in [-0.25, -0.2) is 9.37 Å². The zero-order valence-electron chi connectivity index (χ0n) is 11.5. The largest absolute Gasteiger partial charge is 0.384 e. The van der Waals surface area contributed by atoms with Gasteiger partial charge in [-0.15, -0.1) is 12.4 Å². The molecule has 0 spiro atoms. The molecule has 0 amide bonds. The molecule has 1 aromatic carbocycles. The van der Waals surface area contributed by atoms with Gasteiger partial charge < -0.3 is 5.73 Å². The number of anilines is 1. The van der Waals surface area contributed by atoms with Crippen LogP contribution in [0.1, 0.15) is 12.6 Å². The van der Waals surface area contributed by atoms with Crippen LogP contribution in [0.3, 0.4) is 0 Å². The molecule has 2 heterocycles. The number of aromatic nitrogens is 2. The van der Waals surface area contributed by atoms with Gasteiger partial charge >= 0.3 is 0 Å². The number of hydrogen-bond acceptors (Lipinski definition) is 3. The van der Waals surface area contributed by atoms with Crippen molar-refractivity contribution in [3.63, 3.8) is 0 Å². The van der Waals surface area contributed by atoms with Gasteiger partial charge in [0.1, 0.15) is 11.6 Å². The van der Waals surface area contributed by atoms with Crippen LogP contribution in [0.25, 0.3) is 22.0 Å². The van der Waals surface area contributed by atoms with E-state index in [4.69, 9.17) is 5.73 Å². The second-order valence-corrected chi connectivity index (χ2v) is 4.58. The predicted octanol–water partition coefficient (Wildman–Crippen LogP) is 4.00. The molecule has 0 aliphatic rings. The third-order valence-electron chi connectivity index (χ3n) is 3.34. The molecular formula is C16H15ClFN3. The van der Waals surface area contributed by atoms with Crippen molar-refractivity contribution in [1.82, 2.24) is 9.97 Å². The van der Waals surface area contributed by atoms with Crippen LogP contribution < -0.4 is 5.73 Å². The summed E-state index contributed by atoms with van der Waals surface area (Å²) < 4.78 is 13.9.